The lowest BCUT2D eigenvalue weighted by atomic mass is 10.1. The quantitative estimate of drug-likeness (QED) is 0.391. The first-order valence-electron chi connectivity index (χ1n) is 9.98. The number of aromatic nitrogens is 3. The van der Waals surface area contributed by atoms with Crippen LogP contribution in [0.3, 0.4) is 0 Å². The van der Waals surface area contributed by atoms with E-state index in [2.05, 4.69) is 15.7 Å². The van der Waals surface area contributed by atoms with E-state index >= 15 is 0 Å². The number of nitrogen functional groups attached to an aromatic ring is 1. The smallest absolute Gasteiger partial charge is 0.140 e. The van der Waals surface area contributed by atoms with Crippen LogP contribution in [0.4, 0.5) is 5.82 Å². The molecule has 2 heterocycles. The molecule has 33 heavy (non-hydrogen) atoms. The van der Waals surface area contributed by atoms with E-state index in [1.165, 1.54) is 4.68 Å². The Kier molecular flexibility index (Phi) is 6.39. The number of benzene rings is 2. The van der Waals surface area contributed by atoms with Crippen molar-refractivity contribution in [2.24, 2.45) is 0 Å². The molecule has 0 fully saturated rings. The molecule has 4 aromatic rings. The molecule has 0 spiro atoms. The van der Waals surface area contributed by atoms with E-state index in [1.807, 2.05) is 48.7 Å². The van der Waals surface area contributed by atoms with Crippen molar-refractivity contribution in [2.75, 3.05) is 12.3 Å². The summed E-state index contributed by atoms with van der Waals surface area (Å²) in [6.45, 7) is 0.487. The van der Waals surface area contributed by atoms with E-state index in [4.69, 9.17) is 28.9 Å². The number of halogens is 2. The standard InChI is InChI=1S/C24H18Cl2N6O/c25-20-6-5-15(9-21(20)26)13-31-14-17(18-3-1-2-4-22(18)31)10-16(11-27)23-19(12-28)24(29)32(30-23)7-8-33/h1-6,9-10,14,33H,7-8,13,29H2. The van der Waals surface area contributed by atoms with Gasteiger partial charge in [0.05, 0.1) is 28.8 Å². The number of hydrogen-bond acceptors (Lipinski definition) is 5. The summed E-state index contributed by atoms with van der Waals surface area (Å²) in [6, 6.07) is 17.5. The van der Waals surface area contributed by atoms with Gasteiger partial charge in [0.25, 0.3) is 0 Å². The van der Waals surface area contributed by atoms with E-state index in [1.54, 1.807) is 12.1 Å². The van der Waals surface area contributed by atoms with Crippen LogP contribution in [0.2, 0.25) is 10.0 Å². The molecule has 4 rings (SSSR count). The van der Waals surface area contributed by atoms with Crippen LogP contribution in [0.5, 0.6) is 0 Å². The largest absolute Gasteiger partial charge is 0.394 e. The molecule has 0 saturated heterocycles. The van der Waals surface area contributed by atoms with Gasteiger partial charge < -0.3 is 15.4 Å². The zero-order valence-corrected chi connectivity index (χ0v) is 18.8. The summed E-state index contributed by atoms with van der Waals surface area (Å²) in [5.41, 5.74) is 9.23. The Morgan fingerprint density at radius 3 is 2.64 bits per heavy atom. The van der Waals surface area contributed by atoms with Crippen molar-refractivity contribution in [3.05, 3.63) is 81.1 Å². The number of fused-ring (bicyclic) bond motifs is 1. The Labute approximate surface area is 200 Å². The van der Waals surface area contributed by atoms with Gasteiger partial charge in [0.15, 0.2) is 0 Å². The predicted octanol–water partition coefficient (Wildman–Crippen LogP) is 4.70. The highest BCUT2D eigenvalue weighted by atomic mass is 35.5. The van der Waals surface area contributed by atoms with E-state index in [0.29, 0.717) is 16.6 Å². The number of aliphatic hydroxyl groups is 1. The number of rotatable bonds is 6. The van der Waals surface area contributed by atoms with Gasteiger partial charge in [-0.15, -0.1) is 0 Å². The molecule has 2 aromatic carbocycles. The summed E-state index contributed by atoms with van der Waals surface area (Å²) in [7, 11) is 0. The van der Waals surface area contributed by atoms with Crippen molar-refractivity contribution in [3.63, 3.8) is 0 Å². The maximum absolute atomic E-state index is 9.86. The fraction of sp³-hybridized carbons (Fsp3) is 0.125. The van der Waals surface area contributed by atoms with Crippen LogP contribution >= 0.6 is 23.2 Å². The van der Waals surface area contributed by atoms with Crippen LogP contribution in [-0.2, 0) is 13.1 Å². The summed E-state index contributed by atoms with van der Waals surface area (Å²) in [4.78, 5) is 0. The number of para-hydroxylation sites is 1. The average Bonchev–Trinajstić information content (AvgIpc) is 3.32. The molecule has 0 atom stereocenters. The van der Waals surface area contributed by atoms with E-state index in [0.717, 1.165) is 22.0 Å². The predicted molar refractivity (Wildman–Crippen MR) is 129 cm³/mol. The highest BCUT2D eigenvalue weighted by Crippen LogP contribution is 2.30. The lowest BCUT2D eigenvalue weighted by Gasteiger charge is -2.06. The molecule has 0 bridgehead atoms. The second kappa shape index (κ2) is 9.40. The molecule has 0 saturated carbocycles. The lowest BCUT2D eigenvalue weighted by Crippen LogP contribution is -2.07. The van der Waals surface area contributed by atoms with Gasteiger partial charge in [0.1, 0.15) is 29.2 Å². The second-order valence-electron chi connectivity index (χ2n) is 7.32. The molecule has 0 radical (unpaired) electrons. The first-order valence-corrected chi connectivity index (χ1v) is 10.7. The molecule has 0 amide bonds. The van der Waals surface area contributed by atoms with Gasteiger partial charge in [-0.1, -0.05) is 47.5 Å². The first kappa shape index (κ1) is 22.4. The number of nitriles is 2. The molecular formula is C24H18Cl2N6O. The summed E-state index contributed by atoms with van der Waals surface area (Å²) >= 11 is 12.2. The first-order chi connectivity index (χ1) is 16.0. The molecule has 0 aliphatic rings. The van der Waals surface area contributed by atoms with E-state index in [-0.39, 0.29) is 35.8 Å². The van der Waals surface area contributed by atoms with E-state index < -0.39 is 0 Å². The van der Waals surface area contributed by atoms with Crippen molar-refractivity contribution in [3.8, 4) is 12.1 Å². The third-order valence-electron chi connectivity index (χ3n) is 5.25. The van der Waals surface area contributed by atoms with Crippen molar-refractivity contribution in [1.82, 2.24) is 14.3 Å². The Hall–Kier alpha value is -3.75. The molecule has 2 aromatic heterocycles. The van der Waals surface area contributed by atoms with Gasteiger partial charge in [-0.25, -0.2) is 4.68 Å². The molecule has 7 nitrogen and oxygen atoms in total. The van der Waals surface area contributed by atoms with Crippen LogP contribution in [0.1, 0.15) is 22.4 Å². The van der Waals surface area contributed by atoms with E-state index in [9.17, 15) is 15.6 Å². The molecule has 0 aliphatic carbocycles. The minimum atomic E-state index is -0.190. The van der Waals surface area contributed by atoms with Gasteiger partial charge in [0, 0.05) is 29.2 Å². The van der Waals surface area contributed by atoms with Crippen LogP contribution in [0.25, 0.3) is 22.6 Å². The molecule has 0 unspecified atom stereocenters. The zero-order valence-electron chi connectivity index (χ0n) is 17.3. The van der Waals surface area contributed by atoms with Gasteiger partial charge in [-0.05, 0) is 29.8 Å². The number of anilines is 1. The second-order valence-corrected chi connectivity index (χ2v) is 8.13. The Morgan fingerprint density at radius 1 is 1.15 bits per heavy atom. The molecule has 9 heteroatoms. The third-order valence-corrected chi connectivity index (χ3v) is 5.99. The van der Waals surface area contributed by atoms with Crippen LogP contribution in [-0.4, -0.2) is 26.1 Å². The van der Waals surface area contributed by atoms with Crippen LogP contribution in [0, 0.1) is 22.7 Å². The van der Waals surface area contributed by atoms with Crippen molar-refractivity contribution < 1.29 is 5.11 Å². The summed E-state index contributed by atoms with van der Waals surface area (Å²) in [5.74, 6) is 0.116. The van der Waals surface area contributed by atoms with Crippen molar-refractivity contribution in [2.45, 2.75) is 13.1 Å². The number of hydrogen-bond donors (Lipinski definition) is 2. The number of aliphatic hydroxyl groups excluding tert-OH is 1. The van der Waals surface area contributed by atoms with Crippen LogP contribution in [0.15, 0.2) is 48.7 Å². The van der Waals surface area contributed by atoms with Crippen molar-refractivity contribution >= 4 is 51.6 Å². The lowest BCUT2D eigenvalue weighted by molar-refractivity contribution is 0.270. The maximum atomic E-state index is 9.86. The fourth-order valence-electron chi connectivity index (χ4n) is 3.70. The maximum Gasteiger partial charge on any atom is 0.140 e. The monoisotopic (exact) mass is 476 g/mol. The third kappa shape index (κ3) is 4.30. The molecule has 164 valence electrons. The highest BCUT2D eigenvalue weighted by Gasteiger charge is 2.19. The number of nitrogens with zero attached hydrogens (tertiary/aromatic N) is 5. The number of allylic oxidation sites excluding steroid dienone is 1. The minimum absolute atomic E-state index is 0.107. The van der Waals surface area contributed by atoms with Crippen molar-refractivity contribution in [1.29, 1.82) is 10.5 Å². The van der Waals surface area contributed by atoms with Gasteiger partial charge in [0.2, 0.25) is 0 Å². The average molecular weight is 477 g/mol. The highest BCUT2D eigenvalue weighted by molar-refractivity contribution is 6.42. The zero-order chi connectivity index (χ0) is 23.5. The Bertz CT molecular complexity index is 1470. The molecule has 0 aliphatic heterocycles. The van der Waals surface area contributed by atoms with Crippen LogP contribution < -0.4 is 5.73 Å². The SMILES string of the molecule is N#CC(=Cc1cn(Cc2ccc(Cl)c(Cl)c2)c2ccccc12)c1nn(CCO)c(N)c1C#N. The van der Waals surface area contributed by atoms with Gasteiger partial charge in [-0.3, -0.25) is 0 Å². The normalized spacial score (nSPS) is 11.5. The summed E-state index contributed by atoms with van der Waals surface area (Å²) < 4.78 is 3.38. The fourth-order valence-corrected chi connectivity index (χ4v) is 4.02. The number of nitrogens with two attached hydrogens (primary N) is 1. The topological polar surface area (TPSA) is 117 Å². The van der Waals surface area contributed by atoms with Gasteiger partial charge >= 0.3 is 0 Å². The summed E-state index contributed by atoms with van der Waals surface area (Å²) in [5, 5.41) is 34.9. The Morgan fingerprint density at radius 2 is 1.94 bits per heavy atom. The minimum Gasteiger partial charge on any atom is -0.394 e. The Balaban J connectivity index is 1.82. The molecular weight excluding hydrogens is 459 g/mol. The van der Waals surface area contributed by atoms with Gasteiger partial charge in [-0.2, -0.15) is 15.6 Å². The molecule has 3 N–H and O–H groups in total. The summed E-state index contributed by atoms with van der Waals surface area (Å²) in [6.07, 6.45) is 3.63.